The van der Waals surface area contributed by atoms with Gasteiger partial charge in [-0.3, -0.25) is 9.59 Å². The summed E-state index contributed by atoms with van der Waals surface area (Å²) in [5.74, 6) is 0.504. The summed E-state index contributed by atoms with van der Waals surface area (Å²) >= 11 is 0. The number of benzene rings is 2. The van der Waals surface area contributed by atoms with E-state index in [-0.39, 0.29) is 17.9 Å². The molecule has 0 radical (unpaired) electrons. The van der Waals surface area contributed by atoms with Crippen LogP contribution in [0.3, 0.4) is 0 Å². The fraction of sp³-hybridized carbons (Fsp3) is 0.300. The monoisotopic (exact) mass is 355 g/mol. The number of carbonyl (C=O) groups is 2. The van der Waals surface area contributed by atoms with Crippen LogP contribution in [0.5, 0.6) is 5.75 Å². The van der Waals surface area contributed by atoms with Crippen LogP contribution in [0.2, 0.25) is 0 Å². The zero-order chi connectivity index (χ0) is 19.1. The lowest BCUT2D eigenvalue weighted by Crippen LogP contribution is -2.34. The van der Waals surface area contributed by atoms with E-state index in [0.717, 1.165) is 11.3 Å². The zero-order valence-electron chi connectivity index (χ0n) is 15.6. The normalized spacial score (nSPS) is 11.7. The number of likely N-dealkylation sites (N-methyl/N-ethyl adjacent to an activating group) is 1. The molecule has 0 spiro atoms. The Kier molecular flexibility index (Phi) is 6.74. The molecule has 2 aromatic rings. The highest BCUT2D eigenvalue weighted by Crippen LogP contribution is 2.21. The van der Waals surface area contributed by atoms with Crippen LogP contribution < -0.4 is 15.4 Å². The van der Waals surface area contributed by atoms with Gasteiger partial charge in [0.15, 0.2) is 0 Å². The molecule has 0 aromatic heterocycles. The van der Waals surface area contributed by atoms with E-state index in [1.807, 2.05) is 38.4 Å². The van der Waals surface area contributed by atoms with Crippen molar-refractivity contribution < 1.29 is 14.3 Å². The highest BCUT2D eigenvalue weighted by molar-refractivity contribution is 5.95. The van der Waals surface area contributed by atoms with Crippen LogP contribution in [0.4, 0.5) is 5.69 Å². The minimum atomic E-state index is -0.153. The standard InChI is InChI=1S/C20H25N3O3/c1-14(24)22-17-9-5-16(6-10-17)20(25)21-13-19(23(2)3)15-7-11-18(26-4)12-8-15/h5-12,19H,13H2,1-4H3,(H,21,25)(H,22,24). The number of methoxy groups -OCH3 is 1. The van der Waals surface area contributed by atoms with Crippen molar-refractivity contribution in [1.29, 1.82) is 0 Å². The van der Waals surface area contributed by atoms with E-state index in [0.29, 0.717) is 17.8 Å². The van der Waals surface area contributed by atoms with Gasteiger partial charge in [-0.25, -0.2) is 0 Å². The van der Waals surface area contributed by atoms with E-state index >= 15 is 0 Å². The van der Waals surface area contributed by atoms with Crippen molar-refractivity contribution in [2.45, 2.75) is 13.0 Å². The minimum Gasteiger partial charge on any atom is -0.497 e. The van der Waals surface area contributed by atoms with Gasteiger partial charge in [0.25, 0.3) is 5.91 Å². The molecule has 138 valence electrons. The van der Waals surface area contributed by atoms with Crippen molar-refractivity contribution in [3.05, 3.63) is 59.7 Å². The SMILES string of the molecule is COc1ccc(C(CNC(=O)c2ccc(NC(C)=O)cc2)N(C)C)cc1. The molecule has 1 unspecified atom stereocenters. The highest BCUT2D eigenvalue weighted by atomic mass is 16.5. The first-order valence-electron chi connectivity index (χ1n) is 8.37. The number of hydrogen-bond donors (Lipinski definition) is 2. The van der Waals surface area contributed by atoms with Gasteiger partial charge >= 0.3 is 0 Å². The van der Waals surface area contributed by atoms with E-state index in [9.17, 15) is 9.59 Å². The molecule has 2 rings (SSSR count). The lowest BCUT2D eigenvalue weighted by atomic mass is 10.1. The molecule has 0 aliphatic heterocycles. The van der Waals surface area contributed by atoms with Crippen molar-refractivity contribution in [3.63, 3.8) is 0 Å². The van der Waals surface area contributed by atoms with E-state index < -0.39 is 0 Å². The summed E-state index contributed by atoms with van der Waals surface area (Å²) in [5, 5.41) is 5.65. The third-order valence-electron chi connectivity index (χ3n) is 4.05. The van der Waals surface area contributed by atoms with Crippen molar-refractivity contribution in [2.24, 2.45) is 0 Å². The minimum absolute atomic E-state index is 0.0449. The molecule has 0 bridgehead atoms. The molecule has 6 nitrogen and oxygen atoms in total. The van der Waals surface area contributed by atoms with E-state index in [2.05, 4.69) is 15.5 Å². The molecule has 0 aliphatic rings. The van der Waals surface area contributed by atoms with Crippen LogP contribution in [0.25, 0.3) is 0 Å². The Morgan fingerprint density at radius 2 is 1.65 bits per heavy atom. The van der Waals surface area contributed by atoms with Gasteiger partial charge in [0.1, 0.15) is 5.75 Å². The first kappa shape index (κ1) is 19.5. The van der Waals surface area contributed by atoms with Crippen molar-refractivity contribution in [2.75, 3.05) is 33.1 Å². The van der Waals surface area contributed by atoms with E-state index in [4.69, 9.17) is 4.74 Å². The lowest BCUT2D eigenvalue weighted by molar-refractivity contribution is -0.114. The fourth-order valence-corrected chi connectivity index (χ4v) is 2.62. The van der Waals surface area contributed by atoms with Crippen LogP contribution in [0, 0.1) is 0 Å². The number of amides is 2. The Balaban J connectivity index is 2.01. The number of nitrogens with one attached hydrogen (secondary N) is 2. The van der Waals surface area contributed by atoms with Crippen LogP contribution in [-0.4, -0.2) is 44.5 Å². The second kappa shape index (κ2) is 9.01. The summed E-state index contributed by atoms with van der Waals surface area (Å²) < 4.78 is 5.19. The van der Waals surface area contributed by atoms with Crippen molar-refractivity contribution >= 4 is 17.5 Å². The second-order valence-corrected chi connectivity index (χ2v) is 6.22. The first-order valence-corrected chi connectivity index (χ1v) is 8.37. The zero-order valence-corrected chi connectivity index (χ0v) is 15.6. The van der Waals surface area contributed by atoms with Gasteiger partial charge in [0.2, 0.25) is 5.91 Å². The maximum absolute atomic E-state index is 12.4. The Labute approximate surface area is 154 Å². The van der Waals surface area contributed by atoms with Crippen molar-refractivity contribution in [1.82, 2.24) is 10.2 Å². The van der Waals surface area contributed by atoms with Gasteiger partial charge in [0, 0.05) is 24.7 Å². The number of nitrogens with zero attached hydrogens (tertiary/aromatic N) is 1. The molecule has 6 heteroatoms. The van der Waals surface area contributed by atoms with Crippen LogP contribution in [-0.2, 0) is 4.79 Å². The lowest BCUT2D eigenvalue weighted by Gasteiger charge is -2.25. The predicted molar refractivity (Wildman–Crippen MR) is 103 cm³/mol. The number of anilines is 1. The maximum atomic E-state index is 12.4. The molecule has 0 saturated heterocycles. The molecule has 0 heterocycles. The summed E-state index contributed by atoms with van der Waals surface area (Å²) in [6, 6.07) is 14.7. The van der Waals surface area contributed by atoms with Gasteiger partial charge in [-0.05, 0) is 56.1 Å². The quantitative estimate of drug-likeness (QED) is 0.801. The topological polar surface area (TPSA) is 70.7 Å². The molecule has 2 amide bonds. The van der Waals surface area contributed by atoms with E-state index in [1.54, 1.807) is 31.4 Å². The third kappa shape index (κ3) is 5.32. The van der Waals surface area contributed by atoms with Gasteiger partial charge in [0.05, 0.1) is 13.2 Å². The summed E-state index contributed by atoms with van der Waals surface area (Å²) in [6.45, 7) is 1.92. The van der Waals surface area contributed by atoms with Gasteiger partial charge in [-0.15, -0.1) is 0 Å². The number of ether oxygens (including phenoxy) is 1. The van der Waals surface area contributed by atoms with E-state index in [1.165, 1.54) is 6.92 Å². The smallest absolute Gasteiger partial charge is 0.251 e. The summed E-state index contributed by atoms with van der Waals surface area (Å²) in [4.78, 5) is 25.5. The molecule has 2 aromatic carbocycles. The molecular formula is C20H25N3O3. The summed E-state index contributed by atoms with van der Waals surface area (Å²) in [6.07, 6.45) is 0. The average molecular weight is 355 g/mol. The molecule has 0 fully saturated rings. The Bertz CT molecular complexity index is 740. The van der Waals surface area contributed by atoms with Gasteiger partial charge in [-0.1, -0.05) is 12.1 Å². The molecule has 26 heavy (non-hydrogen) atoms. The Morgan fingerprint density at radius 1 is 1.04 bits per heavy atom. The third-order valence-corrected chi connectivity index (χ3v) is 4.05. The molecule has 2 N–H and O–H groups in total. The Hall–Kier alpha value is -2.86. The summed E-state index contributed by atoms with van der Waals surface area (Å²) in [5.41, 5.74) is 2.31. The van der Waals surface area contributed by atoms with Crippen LogP contribution in [0.1, 0.15) is 28.9 Å². The van der Waals surface area contributed by atoms with Crippen LogP contribution in [0.15, 0.2) is 48.5 Å². The Morgan fingerprint density at radius 3 is 2.15 bits per heavy atom. The van der Waals surface area contributed by atoms with Crippen molar-refractivity contribution in [3.8, 4) is 5.75 Å². The number of hydrogen-bond acceptors (Lipinski definition) is 4. The largest absolute Gasteiger partial charge is 0.497 e. The fourth-order valence-electron chi connectivity index (χ4n) is 2.62. The average Bonchev–Trinajstić information content (AvgIpc) is 2.62. The maximum Gasteiger partial charge on any atom is 0.251 e. The molecule has 0 aliphatic carbocycles. The molecule has 1 atom stereocenters. The highest BCUT2D eigenvalue weighted by Gasteiger charge is 2.16. The molecule has 0 saturated carbocycles. The first-order chi connectivity index (χ1) is 12.4. The predicted octanol–water partition coefficient (Wildman–Crippen LogP) is 2.69. The summed E-state index contributed by atoms with van der Waals surface area (Å²) in [7, 11) is 5.59. The van der Waals surface area contributed by atoms with Gasteiger partial charge < -0.3 is 20.3 Å². The molecular weight excluding hydrogens is 330 g/mol. The number of rotatable bonds is 7. The second-order valence-electron chi connectivity index (χ2n) is 6.22. The number of carbonyl (C=O) groups excluding carboxylic acids is 2. The van der Waals surface area contributed by atoms with Crippen LogP contribution >= 0.6 is 0 Å². The van der Waals surface area contributed by atoms with Gasteiger partial charge in [-0.2, -0.15) is 0 Å².